The summed E-state index contributed by atoms with van der Waals surface area (Å²) in [7, 11) is 0. The lowest BCUT2D eigenvalue weighted by atomic mass is 10.1. The van der Waals surface area contributed by atoms with Crippen molar-refractivity contribution < 1.29 is 14.5 Å². The van der Waals surface area contributed by atoms with Crippen molar-refractivity contribution in [2.24, 2.45) is 0 Å². The molecular formula is C25H20Cl2N4O4. The normalized spacial score (nSPS) is 10.7. The molecule has 0 atom stereocenters. The molecule has 0 fully saturated rings. The highest BCUT2D eigenvalue weighted by Crippen LogP contribution is 2.24. The van der Waals surface area contributed by atoms with Crippen molar-refractivity contribution >= 4 is 40.6 Å². The molecule has 0 saturated carbocycles. The number of halogens is 2. The Kier molecular flexibility index (Phi) is 7.33. The average molecular weight is 511 g/mol. The number of benzene rings is 3. The van der Waals surface area contributed by atoms with Crippen LogP contribution in [0.2, 0.25) is 10.0 Å². The second kappa shape index (κ2) is 10.6. The van der Waals surface area contributed by atoms with Gasteiger partial charge < -0.3 is 10.1 Å². The van der Waals surface area contributed by atoms with E-state index < -0.39 is 4.92 Å². The van der Waals surface area contributed by atoms with Crippen molar-refractivity contribution in [3.8, 4) is 5.75 Å². The van der Waals surface area contributed by atoms with Crippen LogP contribution in [-0.4, -0.2) is 20.6 Å². The second-order valence-electron chi connectivity index (χ2n) is 7.78. The molecule has 1 N–H and O–H groups in total. The van der Waals surface area contributed by atoms with Gasteiger partial charge in [0.2, 0.25) is 0 Å². The van der Waals surface area contributed by atoms with E-state index in [4.69, 9.17) is 27.9 Å². The van der Waals surface area contributed by atoms with E-state index in [9.17, 15) is 14.9 Å². The van der Waals surface area contributed by atoms with E-state index >= 15 is 0 Å². The number of hydrogen-bond donors (Lipinski definition) is 1. The fourth-order valence-corrected chi connectivity index (χ4v) is 3.89. The smallest absolute Gasteiger partial charge is 0.272 e. The number of amides is 1. The number of hydrogen-bond acceptors (Lipinski definition) is 5. The zero-order valence-corrected chi connectivity index (χ0v) is 20.1. The van der Waals surface area contributed by atoms with Crippen molar-refractivity contribution in [1.29, 1.82) is 0 Å². The van der Waals surface area contributed by atoms with Crippen molar-refractivity contribution in [1.82, 2.24) is 9.78 Å². The summed E-state index contributed by atoms with van der Waals surface area (Å²) in [5, 5.41) is 19.2. The summed E-state index contributed by atoms with van der Waals surface area (Å²) < 4.78 is 7.42. The fourth-order valence-electron chi connectivity index (χ4n) is 3.42. The lowest BCUT2D eigenvalue weighted by Crippen LogP contribution is -2.13. The van der Waals surface area contributed by atoms with Gasteiger partial charge in [0.15, 0.2) is 5.82 Å². The van der Waals surface area contributed by atoms with E-state index in [0.29, 0.717) is 39.3 Å². The van der Waals surface area contributed by atoms with Crippen LogP contribution in [0.3, 0.4) is 0 Å². The number of nitrogens with zero attached hydrogens (tertiary/aromatic N) is 3. The van der Waals surface area contributed by atoms with Gasteiger partial charge in [0.25, 0.3) is 11.6 Å². The molecule has 10 heteroatoms. The molecular weight excluding hydrogens is 491 g/mol. The molecule has 0 aliphatic rings. The first-order valence-electron chi connectivity index (χ1n) is 10.5. The third-order valence-corrected chi connectivity index (χ3v) is 5.78. The van der Waals surface area contributed by atoms with Gasteiger partial charge in [-0.2, -0.15) is 5.10 Å². The SMILES string of the molecule is Cc1cc(OCc2cccc(C(=O)Nc3ccn(Cc4ccc(Cl)cc4Cl)n3)c2)ccc1[N+](=O)[O-]. The lowest BCUT2D eigenvalue weighted by Gasteiger charge is -2.09. The van der Waals surface area contributed by atoms with Gasteiger partial charge in [-0.05, 0) is 54.4 Å². The van der Waals surface area contributed by atoms with Crippen molar-refractivity contribution in [3.05, 3.63) is 115 Å². The number of aromatic nitrogens is 2. The summed E-state index contributed by atoms with van der Waals surface area (Å²) >= 11 is 12.2. The predicted molar refractivity (Wildman–Crippen MR) is 134 cm³/mol. The summed E-state index contributed by atoms with van der Waals surface area (Å²) in [4.78, 5) is 23.3. The van der Waals surface area contributed by atoms with E-state index in [-0.39, 0.29) is 18.2 Å². The van der Waals surface area contributed by atoms with Crippen LogP contribution in [0.5, 0.6) is 5.75 Å². The Morgan fingerprint density at radius 2 is 1.94 bits per heavy atom. The van der Waals surface area contributed by atoms with Gasteiger partial charge in [-0.15, -0.1) is 0 Å². The van der Waals surface area contributed by atoms with Gasteiger partial charge in [-0.25, -0.2) is 0 Å². The number of rotatable bonds is 8. The van der Waals surface area contributed by atoms with Crippen molar-refractivity contribution in [2.75, 3.05) is 5.32 Å². The first kappa shape index (κ1) is 24.3. The standard InChI is InChI=1S/C25H20Cl2N4O4/c1-16-11-21(7-8-23(16)31(33)34)35-15-17-3-2-4-18(12-17)25(32)28-24-9-10-30(29-24)14-19-5-6-20(26)13-22(19)27/h2-13H,14-15H2,1H3,(H,28,29,32). The van der Waals surface area contributed by atoms with Crippen LogP contribution >= 0.6 is 23.2 Å². The van der Waals surface area contributed by atoms with Gasteiger partial charge in [-0.3, -0.25) is 19.6 Å². The number of aryl methyl sites for hydroxylation is 1. The second-order valence-corrected chi connectivity index (χ2v) is 8.63. The largest absolute Gasteiger partial charge is 0.489 e. The number of carbonyl (C=O) groups excluding carboxylic acids is 1. The van der Waals surface area contributed by atoms with Crippen LogP contribution in [0.25, 0.3) is 0 Å². The molecule has 1 amide bonds. The number of ether oxygens (including phenoxy) is 1. The quantitative estimate of drug-likeness (QED) is 0.222. The zero-order chi connectivity index (χ0) is 24.9. The molecule has 0 bridgehead atoms. The Morgan fingerprint density at radius 1 is 1.11 bits per heavy atom. The van der Waals surface area contributed by atoms with Gasteiger partial charge in [0, 0.05) is 39.5 Å². The van der Waals surface area contributed by atoms with Gasteiger partial charge in [-0.1, -0.05) is 41.4 Å². The Morgan fingerprint density at radius 3 is 2.69 bits per heavy atom. The van der Waals surface area contributed by atoms with Crippen LogP contribution in [0, 0.1) is 17.0 Å². The summed E-state index contributed by atoms with van der Waals surface area (Å²) in [5.41, 5.74) is 2.62. The molecule has 35 heavy (non-hydrogen) atoms. The van der Waals surface area contributed by atoms with Crippen molar-refractivity contribution in [3.63, 3.8) is 0 Å². The monoisotopic (exact) mass is 510 g/mol. The van der Waals surface area contributed by atoms with Gasteiger partial charge in [0.1, 0.15) is 12.4 Å². The minimum absolute atomic E-state index is 0.0368. The maximum atomic E-state index is 12.7. The van der Waals surface area contributed by atoms with Crippen molar-refractivity contribution in [2.45, 2.75) is 20.1 Å². The zero-order valence-electron chi connectivity index (χ0n) is 18.6. The summed E-state index contributed by atoms with van der Waals surface area (Å²) in [6.45, 7) is 2.29. The number of anilines is 1. The molecule has 178 valence electrons. The molecule has 0 unspecified atom stereocenters. The highest BCUT2D eigenvalue weighted by molar-refractivity contribution is 6.35. The molecule has 3 aromatic carbocycles. The topological polar surface area (TPSA) is 99.3 Å². The molecule has 0 radical (unpaired) electrons. The molecule has 0 saturated heterocycles. The molecule has 1 aromatic heterocycles. The van der Waals surface area contributed by atoms with E-state index in [1.54, 1.807) is 66.3 Å². The average Bonchev–Trinajstić information content (AvgIpc) is 3.26. The third-order valence-electron chi connectivity index (χ3n) is 5.19. The highest BCUT2D eigenvalue weighted by atomic mass is 35.5. The van der Waals surface area contributed by atoms with Crippen LogP contribution in [0.15, 0.2) is 72.9 Å². The molecule has 4 aromatic rings. The summed E-state index contributed by atoms with van der Waals surface area (Å²) in [6.07, 6.45) is 1.75. The Labute approximate surface area is 211 Å². The van der Waals surface area contributed by atoms with E-state index in [1.807, 2.05) is 12.1 Å². The molecule has 0 aliphatic heterocycles. The van der Waals surface area contributed by atoms with Crippen LogP contribution in [-0.2, 0) is 13.2 Å². The first-order valence-corrected chi connectivity index (χ1v) is 11.3. The third kappa shape index (κ3) is 6.17. The Hall–Kier alpha value is -3.88. The van der Waals surface area contributed by atoms with E-state index in [0.717, 1.165) is 11.1 Å². The minimum Gasteiger partial charge on any atom is -0.489 e. The van der Waals surface area contributed by atoms with Crippen LogP contribution in [0.4, 0.5) is 11.5 Å². The minimum atomic E-state index is -0.433. The molecule has 0 aliphatic carbocycles. The Bertz CT molecular complexity index is 1400. The van der Waals surface area contributed by atoms with Gasteiger partial charge in [0.05, 0.1) is 11.5 Å². The van der Waals surface area contributed by atoms with Crippen LogP contribution < -0.4 is 10.1 Å². The lowest BCUT2D eigenvalue weighted by molar-refractivity contribution is -0.385. The summed E-state index contributed by atoms with van der Waals surface area (Å²) in [6, 6.07) is 18.5. The van der Waals surface area contributed by atoms with E-state index in [2.05, 4.69) is 10.4 Å². The van der Waals surface area contributed by atoms with E-state index in [1.165, 1.54) is 6.07 Å². The Balaban J connectivity index is 1.37. The number of nitro groups is 1. The number of nitrogens with one attached hydrogen (secondary N) is 1. The molecule has 8 nitrogen and oxygen atoms in total. The summed E-state index contributed by atoms with van der Waals surface area (Å²) in [5.74, 6) is 0.602. The maximum Gasteiger partial charge on any atom is 0.272 e. The van der Waals surface area contributed by atoms with Crippen LogP contribution in [0.1, 0.15) is 27.0 Å². The molecule has 4 rings (SSSR count). The number of nitro benzene ring substituents is 1. The highest BCUT2D eigenvalue weighted by Gasteiger charge is 2.12. The maximum absolute atomic E-state index is 12.7. The predicted octanol–water partition coefficient (Wildman–Crippen LogP) is 6.29. The van der Waals surface area contributed by atoms with Gasteiger partial charge >= 0.3 is 0 Å². The fraction of sp³-hybridized carbons (Fsp3) is 0.120. The molecule has 1 heterocycles. The number of carbonyl (C=O) groups is 1. The molecule has 0 spiro atoms. The first-order chi connectivity index (χ1) is 16.8.